The lowest BCUT2D eigenvalue weighted by atomic mass is 10.0. The Bertz CT molecular complexity index is 359. The second-order valence-electron chi connectivity index (χ2n) is 4.19. The molecule has 1 aromatic carbocycles. The van der Waals surface area contributed by atoms with E-state index in [1.165, 1.54) is 6.42 Å². The van der Waals surface area contributed by atoms with E-state index in [1.807, 2.05) is 13.0 Å². The van der Waals surface area contributed by atoms with Gasteiger partial charge >= 0.3 is 0 Å². The van der Waals surface area contributed by atoms with Gasteiger partial charge in [0, 0.05) is 10.5 Å². The normalized spacial score (nSPS) is 20.9. The lowest BCUT2D eigenvalue weighted by Gasteiger charge is -2.12. The molecule has 0 amide bonds. The van der Waals surface area contributed by atoms with Crippen LogP contribution in [0.3, 0.4) is 0 Å². The van der Waals surface area contributed by atoms with Gasteiger partial charge in [-0.2, -0.15) is 0 Å². The number of hydrogen-bond donors (Lipinski definition) is 1. The van der Waals surface area contributed by atoms with Gasteiger partial charge in [0.15, 0.2) is 0 Å². The summed E-state index contributed by atoms with van der Waals surface area (Å²) < 4.78 is 14.5. The van der Waals surface area contributed by atoms with E-state index in [2.05, 4.69) is 21.2 Å². The molecule has 0 aromatic heterocycles. The zero-order valence-electron chi connectivity index (χ0n) is 8.82. The summed E-state index contributed by atoms with van der Waals surface area (Å²) >= 11 is 3.34. The van der Waals surface area contributed by atoms with Crippen molar-refractivity contribution >= 4 is 15.9 Å². The highest BCUT2D eigenvalue weighted by Gasteiger charge is 2.16. The third-order valence-corrected chi connectivity index (χ3v) is 3.81. The summed E-state index contributed by atoms with van der Waals surface area (Å²) in [6.07, 6.45) is 3.18. The quantitative estimate of drug-likeness (QED) is 0.871. The molecular formula is C12H15BrFN. The molecule has 0 radical (unpaired) electrons. The van der Waals surface area contributed by atoms with Crippen molar-refractivity contribution in [2.24, 2.45) is 0 Å². The summed E-state index contributed by atoms with van der Waals surface area (Å²) in [6, 6.07) is 3.97. The predicted molar refractivity (Wildman–Crippen MR) is 63.6 cm³/mol. The molecule has 0 bridgehead atoms. The van der Waals surface area contributed by atoms with Crippen LogP contribution in [0.2, 0.25) is 0 Å². The zero-order chi connectivity index (χ0) is 10.8. The Balaban J connectivity index is 2.16. The van der Waals surface area contributed by atoms with Gasteiger partial charge < -0.3 is 5.32 Å². The molecule has 1 nitrogen and oxygen atoms in total. The first-order valence-electron chi connectivity index (χ1n) is 5.34. The number of halogens is 2. The largest absolute Gasteiger partial charge is 0.314 e. The second-order valence-corrected chi connectivity index (χ2v) is 5.04. The standard InChI is InChI=1S/C12H15BrFN/c1-8-5-9(12(14)7-11(8)13)6-10-3-2-4-15-10/h5,7,10,15H,2-4,6H2,1H3. The molecule has 1 heterocycles. The van der Waals surface area contributed by atoms with Gasteiger partial charge in [-0.25, -0.2) is 4.39 Å². The molecule has 3 heteroatoms. The van der Waals surface area contributed by atoms with E-state index in [1.54, 1.807) is 6.07 Å². The lowest BCUT2D eigenvalue weighted by Crippen LogP contribution is -2.24. The van der Waals surface area contributed by atoms with Crippen molar-refractivity contribution in [3.8, 4) is 0 Å². The molecule has 15 heavy (non-hydrogen) atoms. The fourth-order valence-corrected chi connectivity index (χ4v) is 2.39. The highest BCUT2D eigenvalue weighted by Crippen LogP contribution is 2.22. The topological polar surface area (TPSA) is 12.0 Å². The summed E-state index contributed by atoms with van der Waals surface area (Å²) in [5, 5.41) is 3.39. The Kier molecular flexibility index (Phi) is 3.42. The van der Waals surface area contributed by atoms with Crippen molar-refractivity contribution < 1.29 is 4.39 Å². The Morgan fingerprint density at radius 1 is 1.53 bits per heavy atom. The van der Waals surface area contributed by atoms with Gasteiger partial charge in [-0.3, -0.25) is 0 Å². The van der Waals surface area contributed by atoms with Crippen LogP contribution in [0, 0.1) is 12.7 Å². The lowest BCUT2D eigenvalue weighted by molar-refractivity contribution is 0.559. The minimum atomic E-state index is -0.0961. The van der Waals surface area contributed by atoms with E-state index in [0.717, 1.165) is 35.0 Å². The first-order valence-corrected chi connectivity index (χ1v) is 6.14. The molecule has 0 spiro atoms. The van der Waals surface area contributed by atoms with Crippen LogP contribution in [0.15, 0.2) is 16.6 Å². The third-order valence-electron chi connectivity index (χ3n) is 2.96. The van der Waals surface area contributed by atoms with Crippen molar-refractivity contribution in [3.05, 3.63) is 33.5 Å². The Labute approximate surface area is 98.2 Å². The third kappa shape index (κ3) is 2.58. The molecule has 1 aliphatic heterocycles. The van der Waals surface area contributed by atoms with Crippen molar-refractivity contribution in [1.29, 1.82) is 0 Å². The summed E-state index contributed by atoms with van der Waals surface area (Å²) in [7, 11) is 0. The predicted octanol–water partition coefficient (Wildman–Crippen LogP) is 3.19. The molecule has 1 saturated heterocycles. The molecule has 1 unspecified atom stereocenters. The van der Waals surface area contributed by atoms with Crippen LogP contribution in [0.4, 0.5) is 4.39 Å². The molecule has 1 aliphatic rings. The molecule has 2 rings (SSSR count). The minimum absolute atomic E-state index is 0.0961. The van der Waals surface area contributed by atoms with Crippen LogP contribution < -0.4 is 5.32 Å². The van der Waals surface area contributed by atoms with Crippen molar-refractivity contribution in [3.63, 3.8) is 0 Å². The van der Waals surface area contributed by atoms with Crippen LogP contribution in [0.25, 0.3) is 0 Å². The molecule has 1 fully saturated rings. The summed E-state index contributed by atoms with van der Waals surface area (Å²) in [6.45, 7) is 3.07. The smallest absolute Gasteiger partial charge is 0.127 e. The fraction of sp³-hybridized carbons (Fsp3) is 0.500. The number of aryl methyl sites for hydroxylation is 1. The highest BCUT2D eigenvalue weighted by atomic mass is 79.9. The minimum Gasteiger partial charge on any atom is -0.314 e. The average molecular weight is 272 g/mol. The van der Waals surface area contributed by atoms with Gasteiger partial charge in [0.25, 0.3) is 0 Å². The highest BCUT2D eigenvalue weighted by molar-refractivity contribution is 9.10. The maximum absolute atomic E-state index is 13.6. The van der Waals surface area contributed by atoms with Crippen molar-refractivity contribution in [2.45, 2.75) is 32.2 Å². The maximum Gasteiger partial charge on any atom is 0.127 e. The van der Waals surface area contributed by atoms with E-state index >= 15 is 0 Å². The van der Waals surface area contributed by atoms with Gasteiger partial charge in [-0.1, -0.05) is 22.0 Å². The van der Waals surface area contributed by atoms with E-state index in [-0.39, 0.29) is 5.82 Å². The van der Waals surface area contributed by atoms with Gasteiger partial charge in [-0.05, 0) is 49.9 Å². The molecule has 1 N–H and O–H groups in total. The summed E-state index contributed by atoms with van der Waals surface area (Å²) in [5.74, 6) is -0.0961. The maximum atomic E-state index is 13.6. The molecule has 82 valence electrons. The van der Waals surface area contributed by atoms with Gasteiger partial charge in [0.05, 0.1) is 0 Å². The van der Waals surface area contributed by atoms with E-state index in [4.69, 9.17) is 0 Å². The number of rotatable bonds is 2. The van der Waals surface area contributed by atoms with Crippen molar-refractivity contribution in [2.75, 3.05) is 6.54 Å². The Morgan fingerprint density at radius 3 is 3.00 bits per heavy atom. The Morgan fingerprint density at radius 2 is 2.33 bits per heavy atom. The first-order chi connectivity index (χ1) is 7.16. The van der Waals surface area contributed by atoms with Gasteiger partial charge in [-0.15, -0.1) is 0 Å². The van der Waals surface area contributed by atoms with Crippen LogP contribution in [0.5, 0.6) is 0 Å². The summed E-state index contributed by atoms with van der Waals surface area (Å²) in [4.78, 5) is 0. The fourth-order valence-electron chi connectivity index (χ4n) is 2.07. The number of hydrogen-bond acceptors (Lipinski definition) is 1. The molecular weight excluding hydrogens is 257 g/mol. The van der Waals surface area contributed by atoms with E-state index in [0.29, 0.717) is 6.04 Å². The van der Waals surface area contributed by atoms with Gasteiger partial charge in [0.1, 0.15) is 5.82 Å². The zero-order valence-corrected chi connectivity index (χ0v) is 10.4. The van der Waals surface area contributed by atoms with E-state index in [9.17, 15) is 4.39 Å². The number of benzene rings is 1. The average Bonchev–Trinajstić information content (AvgIpc) is 2.67. The molecule has 1 atom stereocenters. The van der Waals surface area contributed by atoms with Gasteiger partial charge in [0.2, 0.25) is 0 Å². The first kappa shape index (κ1) is 11.1. The molecule has 1 aromatic rings. The Hall–Kier alpha value is -0.410. The van der Waals surface area contributed by atoms with E-state index < -0.39 is 0 Å². The SMILES string of the molecule is Cc1cc(CC2CCCN2)c(F)cc1Br. The van der Waals surface area contributed by atoms with Crippen LogP contribution in [-0.2, 0) is 6.42 Å². The second kappa shape index (κ2) is 4.62. The molecule has 0 aliphatic carbocycles. The van der Waals surface area contributed by atoms with Crippen LogP contribution >= 0.6 is 15.9 Å². The van der Waals surface area contributed by atoms with Crippen LogP contribution in [0.1, 0.15) is 24.0 Å². The summed E-state index contributed by atoms with van der Waals surface area (Å²) in [5.41, 5.74) is 1.93. The van der Waals surface area contributed by atoms with Crippen molar-refractivity contribution in [1.82, 2.24) is 5.32 Å². The molecule has 0 saturated carbocycles. The van der Waals surface area contributed by atoms with Crippen LogP contribution in [-0.4, -0.2) is 12.6 Å². The number of nitrogens with one attached hydrogen (secondary N) is 1. The monoisotopic (exact) mass is 271 g/mol.